The summed E-state index contributed by atoms with van der Waals surface area (Å²) in [7, 11) is 1.81. The molecule has 1 saturated heterocycles. The fourth-order valence-corrected chi connectivity index (χ4v) is 4.26. The minimum atomic E-state index is 0. The van der Waals surface area contributed by atoms with Crippen LogP contribution in [0.2, 0.25) is 0 Å². The van der Waals surface area contributed by atoms with Crippen molar-refractivity contribution in [2.75, 3.05) is 26.7 Å². The van der Waals surface area contributed by atoms with E-state index in [4.69, 9.17) is 9.15 Å². The first-order chi connectivity index (χ1) is 16.3. The van der Waals surface area contributed by atoms with Gasteiger partial charge in [-0.2, -0.15) is 0 Å². The first-order valence-electron chi connectivity index (χ1n) is 11.7. The van der Waals surface area contributed by atoms with E-state index >= 15 is 0 Å². The van der Waals surface area contributed by atoms with E-state index in [-0.39, 0.29) is 30.0 Å². The van der Waals surface area contributed by atoms with Gasteiger partial charge in [-0.25, -0.2) is 0 Å². The number of nitrogens with zero attached hydrogens (tertiary/aromatic N) is 2. The second-order valence-corrected chi connectivity index (χ2v) is 8.33. The molecule has 2 aromatic carbocycles. The molecule has 6 nitrogen and oxygen atoms in total. The molecule has 4 rings (SSSR count). The van der Waals surface area contributed by atoms with Crippen LogP contribution in [0.1, 0.15) is 41.3 Å². The topological polar surface area (TPSA) is 62.0 Å². The maximum atomic E-state index is 5.97. The molecule has 1 atom stereocenters. The Bertz CT molecular complexity index is 989. The molecule has 0 radical (unpaired) electrons. The molecule has 1 aromatic heterocycles. The molecule has 1 fully saturated rings. The molecule has 1 unspecified atom stereocenters. The van der Waals surface area contributed by atoms with Gasteiger partial charge in [0.1, 0.15) is 5.76 Å². The van der Waals surface area contributed by atoms with Gasteiger partial charge < -0.3 is 19.8 Å². The third-order valence-electron chi connectivity index (χ3n) is 6.07. The minimum absolute atomic E-state index is 0. The molecule has 2 N–H and O–H groups in total. The molecular formula is C27H35IN4O2. The predicted molar refractivity (Wildman–Crippen MR) is 147 cm³/mol. The van der Waals surface area contributed by atoms with Crippen LogP contribution in [0.25, 0.3) is 0 Å². The molecule has 3 aromatic rings. The number of rotatable bonds is 10. The second kappa shape index (κ2) is 14.1. The number of ether oxygens (including phenoxy) is 1. The molecule has 182 valence electrons. The fraction of sp³-hybridized carbons (Fsp3) is 0.370. The van der Waals surface area contributed by atoms with E-state index in [1.54, 1.807) is 6.26 Å². The van der Waals surface area contributed by atoms with Gasteiger partial charge in [0.2, 0.25) is 0 Å². The van der Waals surface area contributed by atoms with E-state index in [2.05, 4.69) is 63.0 Å². The highest BCUT2D eigenvalue weighted by Crippen LogP contribution is 2.24. The summed E-state index contributed by atoms with van der Waals surface area (Å²) in [6.07, 6.45) is 4.24. The van der Waals surface area contributed by atoms with Crippen LogP contribution in [-0.4, -0.2) is 37.5 Å². The largest absolute Gasteiger partial charge is 0.468 e. The van der Waals surface area contributed by atoms with E-state index in [1.165, 1.54) is 29.5 Å². The summed E-state index contributed by atoms with van der Waals surface area (Å²) in [4.78, 5) is 6.91. The van der Waals surface area contributed by atoms with Crippen LogP contribution in [0.3, 0.4) is 0 Å². The normalized spacial score (nSPS) is 15.0. The lowest BCUT2D eigenvalue weighted by Gasteiger charge is -2.26. The quantitative estimate of drug-likeness (QED) is 0.200. The van der Waals surface area contributed by atoms with Gasteiger partial charge >= 0.3 is 0 Å². The third-order valence-corrected chi connectivity index (χ3v) is 6.07. The van der Waals surface area contributed by atoms with Crippen molar-refractivity contribution < 1.29 is 9.15 Å². The summed E-state index contributed by atoms with van der Waals surface area (Å²) in [5, 5.41) is 6.95. The Hall–Kier alpha value is -2.36. The van der Waals surface area contributed by atoms with Crippen LogP contribution in [0.5, 0.6) is 0 Å². The predicted octanol–water partition coefficient (Wildman–Crippen LogP) is 5.12. The summed E-state index contributed by atoms with van der Waals surface area (Å²) >= 11 is 0. The SMILES string of the molecule is CN=C(NCc1ccccc1COCc1ccccc1)NCC(c1ccco1)N1CCCC1.I. The zero-order valence-corrected chi connectivity index (χ0v) is 22.1. The average Bonchev–Trinajstić information content (AvgIpc) is 3.58. The van der Waals surface area contributed by atoms with Gasteiger partial charge in [0, 0.05) is 20.1 Å². The Morgan fingerprint density at radius 1 is 0.941 bits per heavy atom. The number of nitrogens with one attached hydrogen (secondary N) is 2. The highest BCUT2D eigenvalue weighted by molar-refractivity contribution is 14.0. The van der Waals surface area contributed by atoms with E-state index in [1.807, 2.05) is 31.3 Å². The number of halogens is 1. The lowest BCUT2D eigenvalue weighted by Crippen LogP contribution is -2.42. The summed E-state index contributed by atoms with van der Waals surface area (Å²) < 4.78 is 11.7. The molecule has 0 saturated carbocycles. The molecule has 0 spiro atoms. The highest BCUT2D eigenvalue weighted by Gasteiger charge is 2.25. The number of guanidine groups is 1. The second-order valence-electron chi connectivity index (χ2n) is 8.33. The molecule has 34 heavy (non-hydrogen) atoms. The summed E-state index contributed by atoms with van der Waals surface area (Å²) in [6, 6.07) is 22.9. The molecule has 2 heterocycles. The maximum Gasteiger partial charge on any atom is 0.191 e. The summed E-state index contributed by atoms with van der Waals surface area (Å²) in [5.41, 5.74) is 3.57. The monoisotopic (exact) mass is 574 g/mol. The van der Waals surface area contributed by atoms with E-state index in [0.717, 1.165) is 31.4 Å². The molecule has 0 aliphatic carbocycles. The molecular weight excluding hydrogens is 539 g/mol. The summed E-state index contributed by atoms with van der Waals surface area (Å²) in [6.45, 7) is 4.82. The van der Waals surface area contributed by atoms with Crippen molar-refractivity contribution in [1.82, 2.24) is 15.5 Å². The van der Waals surface area contributed by atoms with Crippen molar-refractivity contribution >= 4 is 29.9 Å². The lowest BCUT2D eigenvalue weighted by molar-refractivity contribution is 0.106. The van der Waals surface area contributed by atoms with Gasteiger partial charge in [-0.1, -0.05) is 54.6 Å². The van der Waals surface area contributed by atoms with Gasteiger partial charge in [-0.3, -0.25) is 9.89 Å². The van der Waals surface area contributed by atoms with Crippen molar-refractivity contribution in [1.29, 1.82) is 0 Å². The first-order valence-corrected chi connectivity index (χ1v) is 11.7. The molecule has 1 aliphatic heterocycles. The molecule has 0 amide bonds. The maximum absolute atomic E-state index is 5.97. The van der Waals surface area contributed by atoms with Crippen molar-refractivity contribution in [2.45, 2.75) is 38.6 Å². The Morgan fingerprint density at radius 2 is 1.68 bits per heavy atom. The zero-order chi connectivity index (χ0) is 22.7. The molecule has 7 heteroatoms. The van der Waals surface area contributed by atoms with E-state index < -0.39 is 0 Å². The Balaban J connectivity index is 0.00000324. The Labute approximate surface area is 219 Å². The van der Waals surface area contributed by atoms with Gasteiger partial charge in [0.15, 0.2) is 5.96 Å². The Morgan fingerprint density at radius 3 is 2.38 bits per heavy atom. The van der Waals surface area contributed by atoms with Crippen LogP contribution < -0.4 is 10.6 Å². The van der Waals surface area contributed by atoms with Crippen LogP contribution >= 0.6 is 24.0 Å². The molecule has 0 bridgehead atoms. The van der Waals surface area contributed by atoms with Gasteiger partial charge in [0.05, 0.1) is 25.5 Å². The van der Waals surface area contributed by atoms with Gasteiger partial charge in [-0.05, 0) is 54.8 Å². The number of hydrogen-bond acceptors (Lipinski definition) is 4. The van der Waals surface area contributed by atoms with Crippen molar-refractivity contribution in [3.8, 4) is 0 Å². The fourth-order valence-electron chi connectivity index (χ4n) is 4.26. The number of aliphatic imine (C=N–C) groups is 1. The van der Waals surface area contributed by atoms with Crippen LogP contribution in [0.4, 0.5) is 0 Å². The minimum Gasteiger partial charge on any atom is -0.468 e. The van der Waals surface area contributed by atoms with Crippen LogP contribution in [0.15, 0.2) is 82.4 Å². The smallest absolute Gasteiger partial charge is 0.191 e. The van der Waals surface area contributed by atoms with E-state index in [0.29, 0.717) is 19.8 Å². The standard InChI is InChI=1S/C27H34N4O2.HI/c1-28-27(30-19-25(26-14-9-17-33-26)31-15-7-8-16-31)29-18-23-12-5-6-13-24(23)21-32-20-22-10-3-2-4-11-22;/h2-6,9-14,17,25H,7-8,15-16,18-21H2,1H3,(H2,28,29,30);1H. The average molecular weight is 575 g/mol. The van der Waals surface area contributed by atoms with Crippen molar-refractivity contribution in [3.63, 3.8) is 0 Å². The van der Waals surface area contributed by atoms with Crippen LogP contribution in [0, 0.1) is 0 Å². The van der Waals surface area contributed by atoms with Crippen molar-refractivity contribution in [3.05, 3.63) is 95.4 Å². The molecule has 1 aliphatic rings. The van der Waals surface area contributed by atoms with Gasteiger partial charge in [-0.15, -0.1) is 24.0 Å². The van der Waals surface area contributed by atoms with Crippen molar-refractivity contribution in [2.24, 2.45) is 4.99 Å². The first kappa shape index (κ1) is 26.2. The van der Waals surface area contributed by atoms with Gasteiger partial charge in [0.25, 0.3) is 0 Å². The zero-order valence-electron chi connectivity index (χ0n) is 19.8. The van der Waals surface area contributed by atoms with Crippen LogP contribution in [-0.2, 0) is 24.5 Å². The Kier molecular flexibility index (Phi) is 10.9. The number of benzene rings is 2. The third kappa shape index (κ3) is 7.58. The number of hydrogen-bond donors (Lipinski definition) is 2. The van der Waals surface area contributed by atoms with E-state index in [9.17, 15) is 0 Å². The number of furan rings is 1. The number of likely N-dealkylation sites (tertiary alicyclic amines) is 1. The lowest BCUT2D eigenvalue weighted by atomic mass is 10.1. The highest BCUT2D eigenvalue weighted by atomic mass is 127. The summed E-state index contributed by atoms with van der Waals surface area (Å²) in [5.74, 6) is 1.78.